The van der Waals surface area contributed by atoms with Crippen LogP contribution in [0.3, 0.4) is 0 Å². The van der Waals surface area contributed by atoms with Gasteiger partial charge in [-0.15, -0.1) is 11.3 Å². The van der Waals surface area contributed by atoms with E-state index in [1.807, 2.05) is 13.2 Å². The van der Waals surface area contributed by atoms with Crippen LogP contribution < -0.4 is 10.2 Å². The zero-order chi connectivity index (χ0) is 18.6. The van der Waals surface area contributed by atoms with Crippen molar-refractivity contribution in [2.75, 3.05) is 56.1 Å². The molecule has 2 N–H and O–H groups in total. The molecule has 1 aliphatic heterocycles. The third-order valence-electron chi connectivity index (χ3n) is 4.90. The summed E-state index contributed by atoms with van der Waals surface area (Å²) in [6.45, 7) is 5.30. The molecule has 4 rings (SSSR count). The predicted octanol–water partition coefficient (Wildman–Crippen LogP) is 1.19. The van der Waals surface area contributed by atoms with E-state index in [0.29, 0.717) is 0 Å². The monoisotopic (exact) mass is 387 g/mol. The van der Waals surface area contributed by atoms with Gasteiger partial charge in [0.25, 0.3) is 0 Å². The molecule has 0 saturated carbocycles. The van der Waals surface area contributed by atoms with E-state index in [9.17, 15) is 0 Å². The lowest BCUT2D eigenvalue weighted by Gasteiger charge is -2.34. The summed E-state index contributed by atoms with van der Waals surface area (Å²) in [5.41, 5.74) is 0.844. The summed E-state index contributed by atoms with van der Waals surface area (Å²) in [4.78, 5) is 15.4. The first-order valence-electron chi connectivity index (χ1n) is 9.29. The molecule has 144 valence electrons. The van der Waals surface area contributed by atoms with Crippen LogP contribution in [0.2, 0.25) is 0 Å². The second kappa shape index (κ2) is 8.20. The minimum atomic E-state index is 0.204. The quantitative estimate of drug-likeness (QED) is 0.630. The fourth-order valence-electron chi connectivity index (χ4n) is 3.36. The van der Waals surface area contributed by atoms with Crippen LogP contribution >= 0.6 is 11.3 Å². The molecule has 0 aromatic carbocycles. The molecule has 3 aromatic heterocycles. The molecule has 3 aromatic rings. The second-order valence-corrected chi connectivity index (χ2v) is 7.72. The molecule has 0 bridgehead atoms. The minimum Gasteiger partial charge on any atom is -0.395 e. The molecule has 0 atom stereocenters. The van der Waals surface area contributed by atoms with Gasteiger partial charge in [0.2, 0.25) is 5.95 Å². The van der Waals surface area contributed by atoms with Gasteiger partial charge in [-0.3, -0.25) is 9.58 Å². The van der Waals surface area contributed by atoms with E-state index in [1.165, 1.54) is 4.88 Å². The van der Waals surface area contributed by atoms with Gasteiger partial charge in [-0.05, 0) is 17.9 Å². The maximum atomic E-state index is 9.12. The van der Waals surface area contributed by atoms with Gasteiger partial charge in [0.1, 0.15) is 5.82 Å². The first kappa shape index (κ1) is 18.1. The third kappa shape index (κ3) is 4.05. The Bertz CT molecular complexity index is 871. The molecular formula is C18H25N7OS. The van der Waals surface area contributed by atoms with Crippen LogP contribution in [-0.4, -0.2) is 75.6 Å². The number of hydrogen-bond donors (Lipinski definition) is 2. The van der Waals surface area contributed by atoms with Gasteiger partial charge < -0.3 is 15.3 Å². The molecule has 1 fully saturated rings. The normalized spacial score (nSPS) is 15.6. The second-order valence-electron chi connectivity index (χ2n) is 6.69. The summed E-state index contributed by atoms with van der Waals surface area (Å²) in [5, 5.41) is 20.0. The number of aliphatic hydroxyl groups excluding tert-OH is 1. The van der Waals surface area contributed by atoms with Crippen molar-refractivity contribution in [3.05, 3.63) is 28.6 Å². The molecule has 0 unspecified atom stereocenters. The number of fused-ring (bicyclic) bond motifs is 1. The summed E-state index contributed by atoms with van der Waals surface area (Å²) in [7, 11) is 1.91. The first-order chi connectivity index (χ1) is 13.2. The molecule has 9 heteroatoms. The van der Waals surface area contributed by atoms with Crippen LogP contribution in [0.25, 0.3) is 11.0 Å². The number of aryl methyl sites for hydroxylation is 1. The number of nitrogens with zero attached hydrogens (tertiary/aromatic N) is 6. The lowest BCUT2D eigenvalue weighted by Crippen LogP contribution is -2.47. The van der Waals surface area contributed by atoms with Gasteiger partial charge in [-0.2, -0.15) is 15.1 Å². The predicted molar refractivity (Wildman–Crippen MR) is 109 cm³/mol. The van der Waals surface area contributed by atoms with Gasteiger partial charge in [-0.25, -0.2) is 0 Å². The van der Waals surface area contributed by atoms with E-state index in [-0.39, 0.29) is 6.61 Å². The summed E-state index contributed by atoms with van der Waals surface area (Å²) < 4.78 is 1.80. The number of aromatic nitrogens is 4. The molecule has 4 heterocycles. The summed E-state index contributed by atoms with van der Waals surface area (Å²) in [6.07, 6.45) is 2.80. The number of rotatable bonds is 7. The van der Waals surface area contributed by atoms with Crippen LogP contribution in [0.5, 0.6) is 0 Å². The van der Waals surface area contributed by atoms with Crippen molar-refractivity contribution in [2.45, 2.75) is 6.42 Å². The molecule has 0 amide bonds. The average molecular weight is 388 g/mol. The van der Waals surface area contributed by atoms with Crippen molar-refractivity contribution in [3.8, 4) is 0 Å². The number of aliphatic hydroxyl groups is 1. The van der Waals surface area contributed by atoms with E-state index in [2.05, 4.69) is 37.7 Å². The molecule has 0 aliphatic carbocycles. The molecular weight excluding hydrogens is 362 g/mol. The van der Waals surface area contributed by atoms with Gasteiger partial charge >= 0.3 is 0 Å². The topological polar surface area (TPSA) is 82.3 Å². The Kier molecular flexibility index (Phi) is 5.51. The zero-order valence-corrected chi connectivity index (χ0v) is 16.3. The Morgan fingerprint density at radius 2 is 2.07 bits per heavy atom. The molecule has 1 aliphatic rings. The Morgan fingerprint density at radius 1 is 1.22 bits per heavy atom. The highest BCUT2D eigenvalue weighted by molar-refractivity contribution is 7.09. The van der Waals surface area contributed by atoms with Gasteiger partial charge in [0.15, 0.2) is 5.65 Å². The fraction of sp³-hybridized carbons (Fsp3) is 0.500. The Morgan fingerprint density at radius 3 is 2.81 bits per heavy atom. The fourth-order valence-corrected chi connectivity index (χ4v) is 4.07. The summed E-state index contributed by atoms with van der Waals surface area (Å²) >= 11 is 1.78. The lowest BCUT2D eigenvalue weighted by atomic mass is 10.3. The Balaban J connectivity index is 1.52. The van der Waals surface area contributed by atoms with Gasteiger partial charge in [-0.1, -0.05) is 6.07 Å². The number of nitrogens with one attached hydrogen (secondary N) is 1. The molecule has 0 radical (unpaired) electrons. The standard InChI is InChI=1S/C18H25N7OS/c1-23-17-15(13-20-23)16(19-5-4-14-3-2-12-27-14)21-18(22-17)25-8-6-24(7-9-25)10-11-26/h2-3,12-13,26H,4-11H2,1H3,(H,19,21,22). The summed E-state index contributed by atoms with van der Waals surface area (Å²) in [6, 6.07) is 4.24. The van der Waals surface area contributed by atoms with E-state index < -0.39 is 0 Å². The number of anilines is 2. The maximum Gasteiger partial charge on any atom is 0.229 e. The van der Waals surface area contributed by atoms with Gasteiger partial charge in [0.05, 0.1) is 18.2 Å². The van der Waals surface area contributed by atoms with Crippen molar-refractivity contribution in [1.82, 2.24) is 24.6 Å². The molecule has 8 nitrogen and oxygen atoms in total. The third-order valence-corrected chi connectivity index (χ3v) is 5.83. The van der Waals surface area contributed by atoms with Crippen LogP contribution in [-0.2, 0) is 13.5 Å². The van der Waals surface area contributed by atoms with Crippen LogP contribution in [0.4, 0.5) is 11.8 Å². The van der Waals surface area contributed by atoms with E-state index in [4.69, 9.17) is 15.1 Å². The first-order valence-corrected chi connectivity index (χ1v) is 10.2. The number of hydrogen-bond acceptors (Lipinski definition) is 8. The van der Waals surface area contributed by atoms with Crippen molar-refractivity contribution in [3.63, 3.8) is 0 Å². The Hall–Kier alpha value is -2.23. The number of piperazine rings is 1. The van der Waals surface area contributed by atoms with E-state index in [1.54, 1.807) is 16.0 Å². The largest absolute Gasteiger partial charge is 0.395 e. The smallest absolute Gasteiger partial charge is 0.229 e. The zero-order valence-electron chi connectivity index (χ0n) is 15.5. The highest BCUT2D eigenvalue weighted by Crippen LogP contribution is 2.24. The summed E-state index contributed by atoms with van der Waals surface area (Å²) in [5.74, 6) is 1.59. The molecule has 1 saturated heterocycles. The highest BCUT2D eigenvalue weighted by atomic mass is 32.1. The van der Waals surface area contributed by atoms with Crippen molar-refractivity contribution >= 4 is 34.1 Å². The van der Waals surface area contributed by atoms with Crippen LogP contribution in [0.15, 0.2) is 23.7 Å². The van der Waals surface area contributed by atoms with Crippen molar-refractivity contribution in [1.29, 1.82) is 0 Å². The molecule has 27 heavy (non-hydrogen) atoms. The van der Waals surface area contributed by atoms with Crippen molar-refractivity contribution in [2.24, 2.45) is 7.05 Å². The van der Waals surface area contributed by atoms with Gasteiger partial charge in [0, 0.05) is 51.2 Å². The highest BCUT2D eigenvalue weighted by Gasteiger charge is 2.21. The minimum absolute atomic E-state index is 0.204. The van der Waals surface area contributed by atoms with Crippen LogP contribution in [0, 0.1) is 0 Å². The van der Waals surface area contributed by atoms with Crippen LogP contribution in [0.1, 0.15) is 4.88 Å². The maximum absolute atomic E-state index is 9.12. The SMILES string of the molecule is Cn1ncc2c(NCCc3cccs3)nc(N3CCN(CCO)CC3)nc21. The van der Waals surface area contributed by atoms with Crippen molar-refractivity contribution < 1.29 is 5.11 Å². The van der Waals surface area contributed by atoms with E-state index >= 15 is 0 Å². The lowest BCUT2D eigenvalue weighted by molar-refractivity contribution is 0.188. The number of thiophene rings is 1. The van der Waals surface area contributed by atoms with E-state index in [0.717, 1.165) is 68.5 Å². The number of β-amino-alcohol motifs (C(OH)–C–C–N with tert-alkyl or cyclic N) is 1. The Labute approximate surface area is 162 Å². The average Bonchev–Trinajstić information content (AvgIpc) is 3.33. The molecule has 0 spiro atoms.